The molecule has 0 aromatic carbocycles. The number of aliphatic hydroxyl groups excluding tert-OH is 1. The highest BCUT2D eigenvalue weighted by atomic mass is 16.5. The van der Waals surface area contributed by atoms with E-state index in [2.05, 4.69) is 4.99 Å². The maximum Gasteiger partial charge on any atom is 0.185 e. The summed E-state index contributed by atoms with van der Waals surface area (Å²) in [5.41, 5.74) is 9.89. The summed E-state index contributed by atoms with van der Waals surface area (Å²) in [4.78, 5) is 3.52. The fraction of sp³-hybridized carbons (Fsp3) is 0.750. The first-order valence-corrected chi connectivity index (χ1v) is 2.54. The number of aliphatic hydroxyl groups is 2. The van der Waals surface area contributed by atoms with Gasteiger partial charge >= 0.3 is 0 Å². The molecule has 0 atom stereocenters. The summed E-state index contributed by atoms with van der Waals surface area (Å²) in [6.07, 6.45) is -1.16. The number of hydrogen-bond donors (Lipinski definition) is 4. The molecule has 5 nitrogen and oxygen atoms in total. The predicted octanol–water partition coefficient (Wildman–Crippen LogP) is -2.04. The van der Waals surface area contributed by atoms with Crippen LogP contribution in [-0.4, -0.2) is 29.0 Å². The Kier molecular flexibility index (Phi) is 3.74. The van der Waals surface area contributed by atoms with Crippen LogP contribution in [0.15, 0.2) is 4.99 Å². The molecule has 6 N–H and O–H groups in total. The first-order chi connectivity index (χ1) is 4.13. The molecule has 54 valence electrons. The topological polar surface area (TPSA) is 105 Å². The van der Waals surface area contributed by atoms with Crippen molar-refractivity contribution in [2.75, 3.05) is 6.54 Å². The second-order valence-corrected chi connectivity index (χ2v) is 1.58. The average Bonchev–Trinajstić information content (AvgIpc) is 1.63. The highest BCUT2D eigenvalue weighted by molar-refractivity contribution is 5.75. The second kappa shape index (κ2) is 4.11. The summed E-state index contributed by atoms with van der Waals surface area (Å²) in [5, 5.41) is 16.5. The number of nitrogens with zero attached hydrogens (tertiary/aromatic N) is 1. The second-order valence-electron chi connectivity index (χ2n) is 1.58. The number of guanidine groups is 1. The molecule has 0 saturated carbocycles. The summed E-state index contributed by atoms with van der Waals surface area (Å²) in [5.74, 6) is -0.0318. The Morgan fingerprint density at radius 2 is 2.00 bits per heavy atom. The van der Waals surface area contributed by atoms with E-state index in [0.29, 0.717) is 0 Å². The van der Waals surface area contributed by atoms with Gasteiger partial charge in [0.2, 0.25) is 0 Å². The van der Waals surface area contributed by atoms with Gasteiger partial charge in [0.1, 0.15) is 0 Å². The molecule has 0 saturated heterocycles. The minimum atomic E-state index is -1.33. The average molecular weight is 133 g/mol. The lowest BCUT2D eigenvalue weighted by Crippen LogP contribution is -2.23. The highest BCUT2D eigenvalue weighted by Gasteiger charge is 1.93. The van der Waals surface area contributed by atoms with Crippen molar-refractivity contribution in [3.8, 4) is 0 Å². The molecule has 0 heterocycles. The van der Waals surface area contributed by atoms with E-state index in [1.165, 1.54) is 0 Å². The zero-order valence-electron chi connectivity index (χ0n) is 4.99. The van der Waals surface area contributed by atoms with Crippen LogP contribution in [0.1, 0.15) is 6.42 Å². The summed E-state index contributed by atoms with van der Waals surface area (Å²) in [6.45, 7) is 0.250. The molecular weight excluding hydrogens is 122 g/mol. The maximum atomic E-state index is 8.27. The molecule has 0 aliphatic heterocycles. The quantitative estimate of drug-likeness (QED) is 0.202. The van der Waals surface area contributed by atoms with E-state index in [0.717, 1.165) is 0 Å². The predicted molar refractivity (Wildman–Crippen MR) is 33.5 cm³/mol. The molecule has 0 aliphatic rings. The standard InChI is InChI=1S/C4H11N3O2/c5-4(6)7-2-1-3(8)9/h3,8-9H,1-2H2,(H4,5,6,7). The minimum absolute atomic E-state index is 0.0318. The molecule has 0 aromatic heterocycles. The lowest BCUT2D eigenvalue weighted by molar-refractivity contribution is -0.0429. The molecular formula is C4H11N3O2. The van der Waals surface area contributed by atoms with Gasteiger partial charge < -0.3 is 21.7 Å². The van der Waals surface area contributed by atoms with Gasteiger partial charge in [-0.3, -0.25) is 4.99 Å². The summed E-state index contributed by atoms with van der Waals surface area (Å²) >= 11 is 0. The van der Waals surface area contributed by atoms with Crippen molar-refractivity contribution in [2.45, 2.75) is 12.7 Å². The fourth-order valence-corrected chi connectivity index (χ4v) is 0.309. The lowest BCUT2D eigenvalue weighted by Gasteiger charge is -1.97. The fourth-order valence-electron chi connectivity index (χ4n) is 0.309. The van der Waals surface area contributed by atoms with E-state index in [-0.39, 0.29) is 18.9 Å². The molecule has 0 unspecified atom stereocenters. The van der Waals surface area contributed by atoms with Gasteiger partial charge in [-0.25, -0.2) is 0 Å². The minimum Gasteiger partial charge on any atom is -0.370 e. The Labute approximate surface area is 53.0 Å². The molecule has 0 rings (SSSR count). The van der Waals surface area contributed by atoms with Gasteiger partial charge in [0, 0.05) is 13.0 Å². The number of nitrogens with two attached hydrogens (primary N) is 2. The molecule has 5 heteroatoms. The van der Waals surface area contributed by atoms with E-state index in [1.54, 1.807) is 0 Å². The van der Waals surface area contributed by atoms with Crippen LogP contribution in [0.5, 0.6) is 0 Å². The van der Waals surface area contributed by atoms with E-state index >= 15 is 0 Å². The van der Waals surface area contributed by atoms with Crippen LogP contribution < -0.4 is 11.5 Å². The monoisotopic (exact) mass is 133 g/mol. The van der Waals surface area contributed by atoms with Crippen LogP contribution in [0, 0.1) is 0 Å². The highest BCUT2D eigenvalue weighted by Crippen LogP contribution is 1.84. The van der Waals surface area contributed by atoms with E-state index in [4.69, 9.17) is 21.7 Å². The summed E-state index contributed by atoms with van der Waals surface area (Å²) < 4.78 is 0. The third-order valence-electron chi connectivity index (χ3n) is 0.682. The Morgan fingerprint density at radius 1 is 1.44 bits per heavy atom. The Morgan fingerprint density at radius 3 is 2.33 bits per heavy atom. The van der Waals surface area contributed by atoms with Crippen LogP contribution in [0.2, 0.25) is 0 Å². The Bertz CT molecular complexity index is 98.0. The van der Waals surface area contributed by atoms with E-state index in [1.807, 2.05) is 0 Å². The molecule has 0 bridgehead atoms. The van der Waals surface area contributed by atoms with Crippen molar-refractivity contribution in [1.82, 2.24) is 0 Å². The van der Waals surface area contributed by atoms with E-state index in [9.17, 15) is 0 Å². The molecule has 0 amide bonds. The largest absolute Gasteiger partial charge is 0.370 e. The maximum absolute atomic E-state index is 8.27. The SMILES string of the molecule is NC(N)=NCCC(O)O. The van der Waals surface area contributed by atoms with Gasteiger partial charge in [0.05, 0.1) is 0 Å². The van der Waals surface area contributed by atoms with Crippen molar-refractivity contribution in [3.63, 3.8) is 0 Å². The van der Waals surface area contributed by atoms with Gasteiger partial charge in [-0.2, -0.15) is 0 Å². The van der Waals surface area contributed by atoms with Crippen molar-refractivity contribution < 1.29 is 10.2 Å². The molecule has 0 aliphatic carbocycles. The molecule has 0 spiro atoms. The molecule has 9 heavy (non-hydrogen) atoms. The van der Waals surface area contributed by atoms with Crippen LogP contribution in [0.3, 0.4) is 0 Å². The normalized spacial score (nSPS) is 9.67. The van der Waals surface area contributed by atoms with Crippen molar-refractivity contribution in [1.29, 1.82) is 0 Å². The molecule has 0 fully saturated rings. The Hall–Kier alpha value is -0.810. The van der Waals surface area contributed by atoms with Gasteiger partial charge in [0.25, 0.3) is 0 Å². The first kappa shape index (κ1) is 8.19. The third kappa shape index (κ3) is 7.19. The Balaban J connectivity index is 3.20. The van der Waals surface area contributed by atoms with Crippen LogP contribution in [-0.2, 0) is 0 Å². The zero-order valence-corrected chi connectivity index (χ0v) is 4.99. The third-order valence-corrected chi connectivity index (χ3v) is 0.682. The smallest absolute Gasteiger partial charge is 0.185 e. The van der Waals surface area contributed by atoms with Crippen molar-refractivity contribution >= 4 is 5.96 Å². The van der Waals surface area contributed by atoms with Crippen LogP contribution in [0.25, 0.3) is 0 Å². The van der Waals surface area contributed by atoms with Gasteiger partial charge in [-0.1, -0.05) is 0 Å². The van der Waals surface area contributed by atoms with Crippen LogP contribution >= 0.6 is 0 Å². The summed E-state index contributed by atoms with van der Waals surface area (Å²) in [6, 6.07) is 0. The summed E-state index contributed by atoms with van der Waals surface area (Å²) in [7, 11) is 0. The van der Waals surface area contributed by atoms with Crippen molar-refractivity contribution in [2.24, 2.45) is 16.5 Å². The molecule has 0 radical (unpaired) electrons. The lowest BCUT2D eigenvalue weighted by atomic mass is 10.4. The number of hydrogen-bond acceptors (Lipinski definition) is 3. The van der Waals surface area contributed by atoms with Crippen molar-refractivity contribution in [3.05, 3.63) is 0 Å². The van der Waals surface area contributed by atoms with Gasteiger partial charge in [0.15, 0.2) is 12.2 Å². The van der Waals surface area contributed by atoms with Gasteiger partial charge in [-0.05, 0) is 0 Å². The van der Waals surface area contributed by atoms with Crippen LogP contribution in [0.4, 0.5) is 0 Å². The molecule has 0 aromatic rings. The first-order valence-electron chi connectivity index (χ1n) is 2.54. The van der Waals surface area contributed by atoms with E-state index < -0.39 is 6.29 Å². The van der Waals surface area contributed by atoms with Gasteiger partial charge in [-0.15, -0.1) is 0 Å². The zero-order chi connectivity index (χ0) is 7.28. The number of rotatable bonds is 3. The number of aliphatic imine (C=N–C) groups is 1.